The van der Waals surface area contributed by atoms with Crippen LogP contribution in [0.4, 0.5) is 53.3 Å². The zero-order chi connectivity index (χ0) is 94.3. The van der Waals surface area contributed by atoms with Gasteiger partial charge in [0.1, 0.15) is 48.3 Å². The molecule has 8 N–H and O–H groups in total. The molecule has 12 atom stereocenters. The van der Waals surface area contributed by atoms with Gasteiger partial charge in [0, 0.05) is 60.3 Å². The fourth-order valence-electron chi connectivity index (χ4n) is 18.7. The van der Waals surface area contributed by atoms with Crippen LogP contribution in [0.3, 0.4) is 0 Å². The van der Waals surface area contributed by atoms with Gasteiger partial charge in [-0.2, -0.15) is 0 Å². The van der Waals surface area contributed by atoms with Gasteiger partial charge in [-0.3, -0.25) is 38.4 Å². The zero-order valence-corrected chi connectivity index (χ0v) is 78.6. The molecule has 0 radical (unpaired) electrons. The van der Waals surface area contributed by atoms with E-state index in [-0.39, 0.29) is 106 Å². The molecule has 130 heavy (non-hydrogen) atoms. The Morgan fingerprint density at radius 3 is 0.646 bits per heavy atom. The molecule has 12 amide bonds. The van der Waals surface area contributed by atoms with Crippen molar-refractivity contribution in [2.45, 2.75) is 257 Å². The second kappa shape index (κ2) is 43.5. The van der Waals surface area contributed by atoms with Gasteiger partial charge in [-0.1, -0.05) is 170 Å². The smallest absolute Gasteiger partial charge is 0.407 e. The highest BCUT2D eigenvalue weighted by atomic mass is 16.6. The molecule has 0 saturated carbocycles. The highest BCUT2D eigenvalue weighted by Gasteiger charge is 2.46. The number of likely N-dealkylation sites (tertiary alicyclic amines) is 4. The first-order valence-corrected chi connectivity index (χ1v) is 45.8. The average molecular weight is 1790 g/mol. The maximum absolute atomic E-state index is 13.7. The van der Waals surface area contributed by atoms with E-state index in [0.29, 0.717) is 100 Å². The molecule has 12 rings (SSSR count). The van der Waals surface area contributed by atoms with E-state index in [2.05, 4.69) is 191 Å². The fraction of sp³-hybridized carbons (Fsp3) is 0.520. The van der Waals surface area contributed by atoms with Gasteiger partial charge >= 0.3 is 24.4 Å². The highest BCUT2D eigenvalue weighted by molar-refractivity contribution is 6.02. The van der Waals surface area contributed by atoms with E-state index in [4.69, 9.17) is 18.9 Å². The predicted molar refractivity (Wildman–Crippen MR) is 501 cm³/mol. The van der Waals surface area contributed by atoms with E-state index in [0.717, 1.165) is 59.3 Å². The Kier molecular flexibility index (Phi) is 32.9. The summed E-state index contributed by atoms with van der Waals surface area (Å²) in [7, 11) is 5.01. The Hall–Kier alpha value is -12.2. The molecule has 0 unspecified atom stereocenters. The molecular weight excluding hydrogens is 1650 g/mol. The van der Waals surface area contributed by atoms with Crippen LogP contribution in [0.25, 0.3) is 0 Å². The quantitative estimate of drug-likeness (QED) is 0.0234. The molecule has 0 spiro atoms. The molecule has 0 aromatic heterocycles. The van der Waals surface area contributed by atoms with Crippen LogP contribution < -0.4 is 52.3 Å². The number of amides is 12. The van der Waals surface area contributed by atoms with Gasteiger partial charge in [-0.25, -0.2) is 19.2 Å². The zero-order valence-electron chi connectivity index (χ0n) is 78.6. The topological polar surface area (TPSA) is 357 Å². The third-order valence-corrected chi connectivity index (χ3v) is 26.0. The summed E-state index contributed by atoms with van der Waals surface area (Å²) in [5.41, 5.74) is 11.5. The molecular formula is C100H134N14O16. The van der Waals surface area contributed by atoms with Crippen molar-refractivity contribution >= 4 is 106 Å². The Balaban J connectivity index is 0.000000251. The Bertz CT molecular complexity index is 4400. The molecule has 6 heterocycles. The number of methoxy groups -OCH3 is 4. The second-order valence-corrected chi connectivity index (χ2v) is 38.3. The summed E-state index contributed by atoms with van der Waals surface area (Å²) in [5.74, 6) is -3.11. The second-order valence-electron chi connectivity index (χ2n) is 38.3. The van der Waals surface area contributed by atoms with Crippen LogP contribution in [-0.4, -0.2) is 194 Å². The van der Waals surface area contributed by atoms with E-state index >= 15 is 0 Å². The van der Waals surface area contributed by atoms with Crippen molar-refractivity contribution < 1.29 is 76.5 Å². The molecule has 6 aliphatic heterocycles. The van der Waals surface area contributed by atoms with Crippen molar-refractivity contribution in [1.29, 1.82) is 0 Å². The third kappa shape index (κ3) is 23.7. The lowest BCUT2D eigenvalue weighted by molar-refractivity contribution is -0.139. The van der Waals surface area contributed by atoms with Gasteiger partial charge in [-0.15, -0.1) is 0 Å². The third-order valence-electron chi connectivity index (χ3n) is 26.0. The standard InChI is InChI=1S/2C50H67N7O8/c2*1-30(2)42(53-48(62)64-8)46(60)55-28-10-12-40(55)44(58)51-35-20-14-32(15-21-35)38-26-27-39(57(38)37-24-18-34(19-25-37)50(5,6)7)33-16-22-36(23-17-33)52-45(59)41-13-11-29-56(41)47(61)43(31(3)4)54-49(63)65-9/h2*14-25,30-31,38-43H,10-13,26-29H2,1-9H3,(H,51,58)(H,52,59)(H,53,62)(H,54,63)/t2*38-,39-,40-,41-,42-,43-/m00/s1. The first kappa shape index (κ1) is 98.4. The van der Waals surface area contributed by atoms with Gasteiger partial charge in [0.15, 0.2) is 0 Å². The number of alkyl carbamates (subject to hydrolysis) is 4. The number of rotatable bonds is 26. The molecule has 30 nitrogen and oxygen atoms in total. The lowest BCUT2D eigenvalue weighted by atomic mass is 9.87. The highest BCUT2D eigenvalue weighted by Crippen LogP contribution is 2.50. The number of anilines is 6. The normalized spacial score (nSPS) is 20.6. The Morgan fingerprint density at radius 2 is 0.477 bits per heavy atom. The van der Waals surface area contributed by atoms with Crippen LogP contribution in [-0.2, 0) is 68.1 Å². The summed E-state index contributed by atoms with van der Waals surface area (Å²) in [6.07, 6.45) is 5.53. The SMILES string of the molecule is COC(=O)N[C@H](C(=O)N1CCC[C@H]1C(=O)Nc1ccc([C@@H]2CC[C@@H](c3ccc(NC(=O)[C@@H]4CCCN4C(=O)[C@@H](NC(=O)OC)C(C)C)cc3)N2c2ccc(C(C)(C)C)cc2)cc1)C(C)C.COC(=O)N[C@H](C(=O)N1CCC[C@H]1C(=O)Nc1ccc([C@@H]2CC[C@@H](c3ccc(NC(=O)[C@@H]4CCCN4C(=O)[C@@H](NC(=O)OC)C(C)C)cc3)N2c2ccc(C(C)(C)C)cc2)cc1)C(C)C. The molecule has 6 fully saturated rings. The summed E-state index contributed by atoms with van der Waals surface area (Å²) in [6.45, 7) is 29.6. The van der Waals surface area contributed by atoms with Crippen LogP contribution >= 0.6 is 0 Å². The lowest BCUT2D eigenvalue weighted by Gasteiger charge is -2.34. The molecule has 6 aliphatic rings. The summed E-state index contributed by atoms with van der Waals surface area (Å²) < 4.78 is 19.0. The van der Waals surface area contributed by atoms with Crippen molar-refractivity contribution in [2.75, 3.05) is 85.7 Å². The van der Waals surface area contributed by atoms with Crippen molar-refractivity contribution in [2.24, 2.45) is 23.7 Å². The first-order chi connectivity index (χ1) is 61.8. The number of nitrogens with zero attached hydrogens (tertiary/aromatic N) is 6. The molecule has 30 heteroatoms. The Labute approximate surface area is 764 Å². The fourth-order valence-corrected chi connectivity index (χ4v) is 18.7. The van der Waals surface area contributed by atoms with Crippen LogP contribution in [0.5, 0.6) is 0 Å². The number of carbonyl (C=O) groups excluding carboxylic acids is 12. The maximum Gasteiger partial charge on any atom is 0.407 e. The maximum atomic E-state index is 13.7. The monoisotopic (exact) mass is 1790 g/mol. The summed E-state index contributed by atoms with van der Waals surface area (Å²) in [4.78, 5) is 168. The number of benzene rings is 6. The van der Waals surface area contributed by atoms with E-state index in [1.807, 2.05) is 104 Å². The minimum Gasteiger partial charge on any atom is -0.453 e. The summed E-state index contributed by atoms with van der Waals surface area (Å²) in [6, 6.07) is 43.4. The van der Waals surface area contributed by atoms with E-state index in [9.17, 15) is 57.5 Å². The van der Waals surface area contributed by atoms with Crippen LogP contribution in [0.1, 0.15) is 232 Å². The number of hydrogen-bond acceptors (Lipinski definition) is 18. The van der Waals surface area contributed by atoms with E-state index in [1.54, 1.807) is 19.6 Å². The number of hydrogen-bond donors (Lipinski definition) is 8. The molecule has 6 aromatic rings. The average Bonchev–Trinajstić information content (AvgIpc) is 1.61. The van der Waals surface area contributed by atoms with Crippen molar-refractivity contribution in [3.8, 4) is 0 Å². The minimum absolute atomic E-state index is 0.0132. The van der Waals surface area contributed by atoms with Crippen LogP contribution in [0.15, 0.2) is 146 Å². The summed E-state index contributed by atoms with van der Waals surface area (Å²) >= 11 is 0. The van der Waals surface area contributed by atoms with Gasteiger partial charge in [0.2, 0.25) is 47.3 Å². The van der Waals surface area contributed by atoms with Gasteiger partial charge in [0.05, 0.1) is 52.6 Å². The van der Waals surface area contributed by atoms with E-state index in [1.165, 1.54) is 39.6 Å². The Morgan fingerprint density at radius 1 is 0.285 bits per heavy atom. The molecule has 0 aliphatic carbocycles. The molecule has 700 valence electrons. The number of carbonyl (C=O) groups is 12. The summed E-state index contributed by atoms with van der Waals surface area (Å²) in [5, 5.41) is 22.7. The van der Waals surface area contributed by atoms with E-state index < -0.39 is 72.7 Å². The van der Waals surface area contributed by atoms with Crippen LogP contribution in [0.2, 0.25) is 0 Å². The molecule has 6 aromatic carbocycles. The number of nitrogens with one attached hydrogen (secondary N) is 8. The minimum atomic E-state index is -0.814. The van der Waals surface area contributed by atoms with Gasteiger partial charge in [-0.05, 0) is 218 Å². The van der Waals surface area contributed by atoms with Crippen molar-refractivity contribution in [3.05, 3.63) is 179 Å². The largest absolute Gasteiger partial charge is 0.453 e. The van der Waals surface area contributed by atoms with Crippen LogP contribution in [0, 0.1) is 23.7 Å². The van der Waals surface area contributed by atoms with Gasteiger partial charge < -0.3 is 90.9 Å². The van der Waals surface area contributed by atoms with Crippen molar-refractivity contribution in [1.82, 2.24) is 40.9 Å². The number of ether oxygens (including phenoxy) is 4. The first-order valence-electron chi connectivity index (χ1n) is 45.8. The predicted octanol–water partition coefficient (Wildman–Crippen LogP) is 15.4. The van der Waals surface area contributed by atoms with Crippen molar-refractivity contribution in [3.63, 3.8) is 0 Å². The molecule has 6 saturated heterocycles. The van der Waals surface area contributed by atoms with Gasteiger partial charge in [0.25, 0.3) is 0 Å². The lowest BCUT2D eigenvalue weighted by Crippen LogP contribution is -2.54. The molecule has 0 bridgehead atoms.